The summed E-state index contributed by atoms with van der Waals surface area (Å²) in [7, 11) is 0. The molecule has 2 aromatic rings. The zero-order valence-corrected chi connectivity index (χ0v) is 9.90. The topological polar surface area (TPSA) is 66.2 Å². The lowest BCUT2D eigenvalue weighted by Crippen LogP contribution is -2.45. The molecule has 0 saturated carbocycles. The number of aromatic amines is 1. The van der Waals surface area contributed by atoms with Gasteiger partial charge in [-0.05, 0) is 6.07 Å². The van der Waals surface area contributed by atoms with Crippen molar-refractivity contribution in [2.45, 2.75) is 6.10 Å². The van der Waals surface area contributed by atoms with Gasteiger partial charge in [0.15, 0.2) is 0 Å². The zero-order valence-electron chi connectivity index (χ0n) is 9.90. The molecule has 3 rings (SSSR count). The van der Waals surface area contributed by atoms with E-state index in [2.05, 4.69) is 15.6 Å². The molecular weight excluding hydrogens is 230 g/mol. The summed E-state index contributed by atoms with van der Waals surface area (Å²) in [6.07, 6.45) is 1.39. The zero-order chi connectivity index (χ0) is 12.4. The second-order valence-corrected chi connectivity index (χ2v) is 4.30. The second-order valence-electron chi connectivity index (χ2n) is 4.30. The number of H-pyrrole nitrogens is 1. The Labute approximate surface area is 105 Å². The molecule has 1 aliphatic rings. The van der Waals surface area contributed by atoms with Crippen molar-refractivity contribution in [2.75, 3.05) is 25.0 Å². The van der Waals surface area contributed by atoms with Crippen LogP contribution in [-0.2, 0) is 9.53 Å². The van der Waals surface area contributed by atoms with E-state index in [1.807, 2.05) is 24.3 Å². The van der Waals surface area contributed by atoms with E-state index in [0.29, 0.717) is 13.2 Å². The first-order valence-corrected chi connectivity index (χ1v) is 6.04. The van der Waals surface area contributed by atoms with Crippen LogP contribution in [0.2, 0.25) is 0 Å². The van der Waals surface area contributed by atoms with E-state index in [4.69, 9.17) is 4.74 Å². The van der Waals surface area contributed by atoms with Crippen LogP contribution in [0.5, 0.6) is 0 Å². The summed E-state index contributed by atoms with van der Waals surface area (Å²) in [5.74, 6) is -0.105. The van der Waals surface area contributed by atoms with Gasteiger partial charge in [0.2, 0.25) is 0 Å². The normalized spacial score (nSPS) is 19.9. The summed E-state index contributed by atoms with van der Waals surface area (Å²) < 4.78 is 5.42. The lowest BCUT2D eigenvalue weighted by Gasteiger charge is -2.22. The molecular formula is C13H15N3O2. The number of morpholine rings is 1. The predicted octanol–water partition coefficient (Wildman–Crippen LogP) is 1.09. The summed E-state index contributed by atoms with van der Waals surface area (Å²) in [5, 5.41) is 7.05. The summed E-state index contributed by atoms with van der Waals surface area (Å²) in [4.78, 5) is 15.1. The van der Waals surface area contributed by atoms with Crippen molar-refractivity contribution in [1.82, 2.24) is 10.3 Å². The molecule has 2 heterocycles. The molecule has 1 aromatic carbocycles. The highest BCUT2D eigenvalue weighted by Crippen LogP contribution is 2.22. The number of fused-ring (bicyclic) bond motifs is 1. The molecule has 0 aliphatic carbocycles. The molecule has 1 aromatic heterocycles. The Morgan fingerprint density at radius 1 is 1.39 bits per heavy atom. The van der Waals surface area contributed by atoms with Crippen molar-refractivity contribution in [3.05, 3.63) is 30.5 Å². The minimum absolute atomic E-state index is 0.105. The molecule has 1 atom stereocenters. The number of anilines is 1. The maximum absolute atomic E-state index is 12.0. The van der Waals surface area contributed by atoms with Crippen LogP contribution >= 0.6 is 0 Å². The van der Waals surface area contributed by atoms with Crippen LogP contribution in [0, 0.1) is 0 Å². The highest BCUT2D eigenvalue weighted by Gasteiger charge is 2.22. The van der Waals surface area contributed by atoms with Crippen molar-refractivity contribution in [3.8, 4) is 0 Å². The van der Waals surface area contributed by atoms with E-state index in [0.717, 1.165) is 23.1 Å². The van der Waals surface area contributed by atoms with Crippen molar-refractivity contribution < 1.29 is 9.53 Å². The molecule has 1 saturated heterocycles. The Bertz CT molecular complexity index is 558. The lowest BCUT2D eigenvalue weighted by atomic mass is 10.2. The maximum atomic E-state index is 12.0. The van der Waals surface area contributed by atoms with Gasteiger partial charge in [-0.25, -0.2) is 0 Å². The molecule has 0 bridgehead atoms. The van der Waals surface area contributed by atoms with Gasteiger partial charge in [0.05, 0.1) is 12.3 Å². The van der Waals surface area contributed by atoms with Gasteiger partial charge in [0, 0.05) is 30.2 Å². The largest absolute Gasteiger partial charge is 0.366 e. The van der Waals surface area contributed by atoms with Gasteiger partial charge in [-0.15, -0.1) is 0 Å². The van der Waals surface area contributed by atoms with Gasteiger partial charge in [0.1, 0.15) is 6.10 Å². The van der Waals surface area contributed by atoms with Crippen molar-refractivity contribution >= 4 is 22.5 Å². The van der Waals surface area contributed by atoms with Gasteiger partial charge in [0.25, 0.3) is 5.91 Å². The number of para-hydroxylation sites is 1. The van der Waals surface area contributed by atoms with E-state index >= 15 is 0 Å². The monoisotopic (exact) mass is 245 g/mol. The molecule has 5 heteroatoms. The fourth-order valence-corrected chi connectivity index (χ4v) is 2.12. The first-order chi connectivity index (χ1) is 8.84. The van der Waals surface area contributed by atoms with Crippen LogP contribution in [-0.4, -0.2) is 36.7 Å². The third-order valence-corrected chi connectivity index (χ3v) is 3.07. The minimum atomic E-state index is -0.410. The average molecular weight is 245 g/mol. The maximum Gasteiger partial charge on any atom is 0.254 e. The van der Waals surface area contributed by atoms with Gasteiger partial charge < -0.3 is 20.4 Å². The fourth-order valence-electron chi connectivity index (χ4n) is 2.12. The van der Waals surface area contributed by atoms with Crippen molar-refractivity contribution in [1.29, 1.82) is 0 Å². The van der Waals surface area contributed by atoms with Crippen LogP contribution < -0.4 is 10.6 Å². The number of hydrogen-bond donors (Lipinski definition) is 3. The van der Waals surface area contributed by atoms with E-state index in [1.165, 1.54) is 0 Å². The van der Waals surface area contributed by atoms with Crippen molar-refractivity contribution in [2.24, 2.45) is 0 Å². The molecule has 5 nitrogen and oxygen atoms in total. The summed E-state index contributed by atoms with van der Waals surface area (Å²) in [5.41, 5.74) is 1.81. The van der Waals surface area contributed by atoms with E-state index in [9.17, 15) is 4.79 Å². The molecule has 0 spiro atoms. The molecule has 1 unspecified atom stereocenters. The standard InChI is InChI=1S/C13H15N3O2/c17-13(12-8-14-5-6-18-12)16-11-7-15-10-4-2-1-3-9(10)11/h1-4,7,12,14-15H,5-6,8H2,(H,16,17). The quantitative estimate of drug-likeness (QED) is 0.742. The van der Waals surface area contributed by atoms with Gasteiger partial charge in [-0.3, -0.25) is 4.79 Å². The molecule has 18 heavy (non-hydrogen) atoms. The number of nitrogens with one attached hydrogen (secondary N) is 3. The smallest absolute Gasteiger partial charge is 0.254 e. The first kappa shape index (κ1) is 11.3. The first-order valence-electron chi connectivity index (χ1n) is 6.04. The number of rotatable bonds is 2. The number of ether oxygens (including phenoxy) is 1. The molecule has 1 fully saturated rings. The summed E-state index contributed by atoms with van der Waals surface area (Å²) >= 11 is 0. The molecule has 94 valence electrons. The number of carbonyl (C=O) groups is 1. The van der Waals surface area contributed by atoms with Gasteiger partial charge in [-0.2, -0.15) is 0 Å². The Morgan fingerprint density at radius 3 is 3.11 bits per heavy atom. The molecule has 1 aliphatic heterocycles. The van der Waals surface area contributed by atoms with Crippen LogP contribution in [0.25, 0.3) is 10.9 Å². The molecule has 3 N–H and O–H groups in total. The summed E-state index contributed by atoms with van der Waals surface area (Å²) in [6, 6.07) is 7.86. The lowest BCUT2D eigenvalue weighted by molar-refractivity contribution is -0.128. The number of carbonyl (C=O) groups excluding carboxylic acids is 1. The fraction of sp³-hybridized carbons (Fsp3) is 0.308. The van der Waals surface area contributed by atoms with Crippen LogP contribution in [0.3, 0.4) is 0 Å². The molecule has 1 amide bonds. The number of hydrogen-bond acceptors (Lipinski definition) is 3. The number of benzene rings is 1. The summed E-state index contributed by atoms with van der Waals surface area (Å²) in [6.45, 7) is 1.94. The van der Waals surface area contributed by atoms with E-state index in [1.54, 1.807) is 6.20 Å². The third kappa shape index (κ3) is 2.10. The SMILES string of the molecule is O=C(Nc1c[nH]c2ccccc12)C1CNCCO1. The van der Waals surface area contributed by atoms with Gasteiger partial charge in [-0.1, -0.05) is 18.2 Å². The van der Waals surface area contributed by atoms with Crippen LogP contribution in [0.1, 0.15) is 0 Å². The second kappa shape index (κ2) is 4.80. The van der Waals surface area contributed by atoms with E-state index in [-0.39, 0.29) is 5.91 Å². The van der Waals surface area contributed by atoms with Crippen LogP contribution in [0.15, 0.2) is 30.5 Å². The highest BCUT2D eigenvalue weighted by atomic mass is 16.5. The molecule has 0 radical (unpaired) electrons. The Balaban J connectivity index is 1.77. The van der Waals surface area contributed by atoms with Crippen molar-refractivity contribution in [3.63, 3.8) is 0 Å². The van der Waals surface area contributed by atoms with Gasteiger partial charge >= 0.3 is 0 Å². The highest BCUT2D eigenvalue weighted by molar-refractivity contribution is 6.03. The van der Waals surface area contributed by atoms with Crippen LogP contribution in [0.4, 0.5) is 5.69 Å². The Kier molecular flexibility index (Phi) is 3.00. The Morgan fingerprint density at radius 2 is 2.28 bits per heavy atom. The minimum Gasteiger partial charge on any atom is -0.366 e. The average Bonchev–Trinajstić information content (AvgIpc) is 2.83. The van der Waals surface area contributed by atoms with E-state index < -0.39 is 6.10 Å². The number of amides is 1. The third-order valence-electron chi connectivity index (χ3n) is 3.07. The Hall–Kier alpha value is -1.85. The number of aromatic nitrogens is 1. The predicted molar refractivity (Wildman–Crippen MR) is 69.5 cm³/mol.